The van der Waals surface area contributed by atoms with E-state index in [1.54, 1.807) is 7.05 Å². The number of hydrogen-bond acceptors (Lipinski definition) is 4. The van der Waals surface area contributed by atoms with Crippen LogP contribution in [0, 0.1) is 0 Å². The Morgan fingerprint density at radius 1 is 1.43 bits per heavy atom. The number of ether oxygens (including phenoxy) is 2. The van der Waals surface area contributed by atoms with Crippen LogP contribution in [0.15, 0.2) is 0 Å². The van der Waals surface area contributed by atoms with Crippen molar-refractivity contribution in [3.8, 4) is 0 Å². The van der Waals surface area contributed by atoms with E-state index in [9.17, 15) is 0 Å². The number of hydrazine groups is 1. The van der Waals surface area contributed by atoms with Gasteiger partial charge in [0.05, 0.1) is 6.54 Å². The third-order valence-electron chi connectivity index (χ3n) is 1.53. The lowest BCUT2D eigenvalue weighted by Gasteiger charge is -2.24. The molecule has 0 unspecified atom stereocenters. The molecule has 0 aliphatic heterocycles. The average Bonchev–Trinajstić information content (AvgIpc) is 2.17. The smallest absolute Gasteiger partial charge is 0.183 e. The Bertz CT molecular complexity index is 163. The summed E-state index contributed by atoms with van der Waals surface area (Å²) in [5.74, 6) is 5.66. The van der Waals surface area contributed by atoms with Crippen LogP contribution in [0.25, 0.3) is 0 Å². The Kier molecular flexibility index (Phi) is 7.68. The van der Waals surface area contributed by atoms with Crippen LogP contribution in [-0.4, -0.2) is 43.2 Å². The second-order valence-corrected chi connectivity index (χ2v) is 2.93. The first-order valence-corrected chi connectivity index (χ1v) is 5.03. The molecule has 5 nitrogen and oxygen atoms in total. The summed E-state index contributed by atoms with van der Waals surface area (Å²) >= 11 is 4.94. The number of nitrogens with zero attached hydrogens (tertiary/aromatic N) is 1. The maximum Gasteiger partial charge on any atom is 0.183 e. The van der Waals surface area contributed by atoms with Crippen LogP contribution < -0.4 is 11.2 Å². The minimum absolute atomic E-state index is 0.332. The number of thiocarbonyl (C=S) groups is 1. The standard InChI is InChI=1S/C8H19N3O2S/c1-4-12-7(13-5-2)6-11(9)8(14)10-3/h7H,4-6,9H2,1-3H3,(H,10,14). The molecule has 0 aromatic carbocycles. The molecule has 0 rings (SSSR count). The molecular formula is C8H19N3O2S. The Hall–Kier alpha value is -0.430. The summed E-state index contributed by atoms with van der Waals surface area (Å²) in [6.07, 6.45) is -0.332. The van der Waals surface area contributed by atoms with Gasteiger partial charge in [0, 0.05) is 20.3 Å². The van der Waals surface area contributed by atoms with E-state index in [1.807, 2.05) is 13.8 Å². The van der Waals surface area contributed by atoms with E-state index < -0.39 is 0 Å². The molecule has 0 aromatic heterocycles. The maximum absolute atomic E-state index is 5.66. The zero-order valence-electron chi connectivity index (χ0n) is 8.95. The summed E-state index contributed by atoms with van der Waals surface area (Å²) < 4.78 is 10.6. The van der Waals surface area contributed by atoms with Gasteiger partial charge in [0.25, 0.3) is 0 Å². The molecule has 84 valence electrons. The normalized spacial score (nSPS) is 10.4. The fraction of sp³-hybridized carbons (Fsp3) is 0.875. The molecule has 0 saturated carbocycles. The van der Waals surface area contributed by atoms with Crippen LogP contribution in [0.3, 0.4) is 0 Å². The molecule has 0 aromatic rings. The third-order valence-corrected chi connectivity index (χ3v) is 1.96. The van der Waals surface area contributed by atoms with E-state index in [1.165, 1.54) is 5.01 Å². The Balaban J connectivity index is 3.94. The monoisotopic (exact) mass is 221 g/mol. The SMILES string of the molecule is CCOC(CN(N)C(=S)NC)OCC. The minimum atomic E-state index is -0.332. The van der Waals surface area contributed by atoms with Crippen molar-refractivity contribution in [1.82, 2.24) is 10.3 Å². The maximum atomic E-state index is 5.66. The van der Waals surface area contributed by atoms with Crippen LogP contribution in [0.5, 0.6) is 0 Å². The highest BCUT2D eigenvalue weighted by molar-refractivity contribution is 7.80. The Labute approximate surface area is 90.5 Å². The highest BCUT2D eigenvalue weighted by Gasteiger charge is 2.13. The van der Waals surface area contributed by atoms with Gasteiger partial charge < -0.3 is 14.8 Å². The summed E-state index contributed by atoms with van der Waals surface area (Å²) in [7, 11) is 1.72. The van der Waals surface area contributed by atoms with Gasteiger partial charge >= 0.3 is 0 Å². The molecule has 0 spiro atoms. The Morgan fingerprint density at radius 2 is 1.93 bits per heavy atom. The van der Waals surface area contributed by atoms with Crippen molar-refractivity contribution >= 4 is 17.3 Å². The topological polar surface area (TPSA) is 59.8 Å². The first-order valence-electron chi connectivity index (χ1n) is 4.62. The zero-order valence-corrected chi connectivity index (χ0v) is 9.76. The van der Waals surface area contributed by atoms with Crippen molar-refractivity contribution in [2.24, 2.45) is 5.84 Å². The number of nitrogens with two attached hydrogens (primary N) is 1. The van der Waals surface area contributed by atoms with Gasteiger partial charge in [0.1, 0.15) is 0 Å². The van der Waals surface area contributed by atoms with Gasteiger partial charge in [0.15, 0.2) is 11.4 Å². The van der Waals surface area contributed by atoms with Gasteiger partial charge in [-0.25, -0.2) is 5.84 Å². The summed E-state index contributed by atoms with van der Waals surface area (Å²) in [5.41, 5.74) is 0. The second-order valence-electron chi connectivity index (χ2n) is 2.55. The molecule has 0 aliphatic carbocycles. The number of rotatable bonds is 6. The lowest BCUT2D eigenvalue weighted by molar-refractivity contribution is -0.141. The third kappa shape index (κ3) is 5.33. The largest absolute Gasteiger partial charge is 0.365 e. The van der Waals surface area contributed by atoms with E-state index in [4.69, 9.17) is 27.5 Å². The average molecular weight is 221 g/mol. The molecule has 3 N–H and O–H groups in total. The molecule has 0 heterocycles. The van der Waals surface area contributed by atoms with Crippen LogP contribution in [0.2, 0.25) is 0 Å². The van der Waals surface area contributed by atoms with Gasteiger partial charge in [-0.1, -0.05) is 0 Å². The summed E-state index contributed by atoms with van der Waals surface area (Å²) in [5, 5.41) is 4.64. The highest BCUT2D eigenvalue weighted by atomic mass is 32.1. The van der Waals surface area contributed by atoms with Gasteiger partial charge in [-0.05, 0) is 26.1 Å². The second kappa shape index (κ2) is 7.93. The minimum Gasteiger partial charge on any atom is -0.365 e. The van der Waals surface area contributed by atoms with E-state index in [0.717, 1.165) is 0 Å². The molecule has 0 radical (unpaired) electrons. The van der Waals surface area contributed by atoms with Crippen molar-refractivity contribution in [2.75, 3.05) is 26.8 Å². The molecule has 0 atom stereocenters. The first kappa shape index (κ1) is 13.6. The molecule has 0 bridgehead atoms. The van der Waals surface area contributed by atoms with Crippen molar-refractivity contribution < 1.29 is 9.47 Å². The predicted molar refractivity (Wildman–Crippen MR) is 59.6 cm³/mol. The van der Waals surface area contributed by atoms with Gasteiger partial charge in [-0.2, -0.15) is 0 Å². The predicted octanol–water partition coefficient (Wildman–Crippen LogP) is 0.0655. The van der Waals surface area contributed by atoms with Crippen molar-refractivity contribution in [2.45, 2.75) is 20.1 Å². The fourth-order valence-corrected chi connectivity index (χ4v) is 0.987. The van der Waals surface area contributed by atoms with E-state index >= 15 is 0 Å². The molecule has 0 saturated heterocycles. The highest BCUT2D eigenvalue weighted by Crippen LogP contribution is 1.97. The fourth-order valence-electron chi connectivity index (χ4n) is 0.912. The number of hydrogen-bond donors (Lipinski definition) is 2. The molecule has 0 amide bonds. The molecule has 14 heavy (non-hydrogen) atoms. The van der Waals surface area contributed by atoms with E-state index in [2.05, 4.69) is 5.32 Å². The molecule has 0 fully saturated rings. The van der Waals surface area contributed by atoms with Gasteiger partial charge in [-0.3, -0.25) is 5.01 Å². The van der Waals surface area contributed by atoms with Crippen LogP contribution >= 0.6 is 12.2 Å². The van der Waals surface area contributed by atoms with Gasteiger partial charge in [-0.15, -0.1) is 0 Å². The molecule has 6 heteroatoms. The lowest BCUT2D eigenvalue weighted by Crippen LogP contribution is -2.48. The Morgan fingerprint density at radius 3 is 2.29 bits per heavy atom. The zero-order chi connectivity index (χ0) is 11.0. The summed E-state index contributed by atoms with van der Waals surface area (Å²) in [6, 6.07) is 0. The van der Waals surface area contributed by atoms with Gasteiger partial charge in [0.2, 0.25) is 0 Å². The summed E-state index contributed by atoms with van der Waals surface area (Å²) in [6.45, 7) is 5.41. The number of nitrogens with one attached hydrogen (secondary N) is 1. The lowest BCUT2D eigenvalue weighted by atomic mass is 10.5. The van der Waals surface area contributed by atoms with Crippen molar-refractivity contribution in [1.29, 1.82) is 0 Å². The quantitative estimate of drug-likeness (QED) is 0.286. The van der Waals surface area contributed by atoms with Crippen LogP contribution in [-0.2, 0) is 9.47 Å². The molecule has 0 aliphatic rings. The van der Waals surface area contributed by atoms with Crippen molar-refractivity contribution in [3.63, 3.8) is 0 Å². The first-order chi connectivity index (χ1) is 6.65. The van der Waals surface area contributed by atoms with Crippen LogP contribution in [0.1, 0.15) is 13.8 Å². The van der Waals surface area contributed by atoms with Crippen molar-refractivity contribution in [3.05, 3.63) is 0 Å². The molecular weight excluding hydrogens is 202 g/mol. The van der Waals surface area contributed by atoms with E-state index in [-0.39, 0.29) is 6.29 Å². The summed E-state index contributed by atoms with van der Waals surface area (Å²) in [4.78, 5) is 0. The van der Waals surface area contributed by atoms with E-state index in [0.29, 0.717) is 24.9 Å². The van der Waals surface area contributed by atoms with Crippen LogP contribution in [0.4, 0.5) is 0 Å².